The maximum Gasteiger partial charge on any atom is 0.335 e. The Kier molecular flexibility index (Phi) is 5.95. The molecule has 0 bridgehead atoms. The van der Waals surface area contributed by atoms with Gasteiger partial charge in [-0.15, -0.1) is 23.5 Å². The van der Waals surface area contributed by atoms with Crippen molar-refractivity contribution in [2.45, 2.75) is 4.58 Å². The predicted octanol–water partition coefficient (Wildman–Crippen LogP) is 3.59. The molecule has 1 aliphatic heterocycles. The number of aromatic hydroxyl groups is 1. The molecule has 2 aromatic carbocycles. The van der Waals surface area contributed by atoms with Crippen LogP contribution in [-0.4, -0.2) is 40.2 Å². The molecule has 1 amide bonds. The summed E-state index contributed by atoms with van der Waals surface area (Å²) in [6, 6.07) is 11.3. The fourth-order valence-electron chi connectivity index (χ4n) is 2.38. The number of carboxylic acids is 1. The number of aromatic carboxylic acids is 1. The van der Waals surface area contributed by atoms with E-state index < -0.39 is 11.9 Å². The van der Waals surface area contributed by atoms with Crippen LogP contribution in [0.3, 0.4) is 0 Å². The first-order valence-corrected chi connectivity index (χ1v) is 9.95. The average Bonchev–Trinajstić information content (AvgIpc) is 3.17. The summed E-state index contributed by atoms with van der Waals surface area (Å²) in [5.41, 5.74) is 1.23. The molecule has 8 heteroatoms. The number of phenolic OH excluding ortho intramolecular Hbond substituents is 1. The number of anilines is 1. The molecule has 6 nitrogen and oxygen atoms in total. The average molecular weight is 391 g/mol. The van der Waals surface area contributed by atoms with Crippen LogP contribution in [0.15, 0.2) is 42.5 Å². The first kappa shape index (κ1) is 18.5. The maximum atomic E-state index is 12.0. The summed E-state index contributed by atoms with van der Waals surface area (Å²) in [7, 11) is 0. The van der Waals surface area contributed by atoms with Crippen LogP contribution in [0, 0.1) is 0 Å². The lowest BCUT2D eigenvalue weighted by Crippen LogP contribution is -2.20. The zero-order valence-corrected chi connectivity index (χ0v) is 15.3. The number of benzene rings is 2. The molecule has 26 heavy (non-hydrogen) atoms. The summed E-state index contributed by atoms with van der Waals surface area (Å²) >= 11 is 3.84. The van der Waals surface area contributed by atoms with Crippen molar-refractivity contribution < 1.29 is 24.5 Å². The molecule has 0 saturated carbocycles. The topological polar surface area (TPSA) is 95.9 Å². The second kappa shape index (κ2) is 8.37. The minimum absolute atomic E-state index is 0.0303. The Morgan fingerprint density at radius 3 is 2.46 bits per heavy atom. The fraction of sp³-hybridized carbons (Fsp3) is 0.222. The highest BCUT2D eigenvalue weighted by molar-refractivity contribution is 8.19. The van der Waals surface area contributed by atoms with Crippen molar-refractivity contribution in [3.8, 4) is 11.5 Å². The molecule has 0 aliphatic carbocycles. The van der Waals surface area contributed by atoms with Crippen molar-refractivity contribution in [1.29, 1.82) is 0 Å². The Morgan fingerprint density at radius 2 is 1.81 bits per heavy atom. The van der Waals surface area contributed by atoms with E-state index in [2.05, 4.69) is 5.32 Å². The number of hydrogen-bond donors (Lipinski definition) is 3. The Morgan fingerprint density at radius 1 is 1.12 bits per heavy atom. The largest absolute Gasteiger partial charge is 0.506 e. The van der Waals surface area contributed by atoms with Crippen LogP contribution in [0.25, 0.3) is 0 Å². The smallest absolute Gasteiger partial charge is 0.335 e. The monoisotopic (exact) mass is 391 g/mol. The van der Waals surface area contributed by atoms with E-state index in [9.17, 15) is 14.7 Å². The number of nitrogens with one attached hydrogen (secondary N) is 1. The van der Waals surface area contributed by atoms with Gasteiger partial charge in [-0.05, 0) is 35.9 Å². The molecule has 0 aromatic heterocycles. The van der Waals surface area contributed by atoms with Gasteiger partial charge in [0.15, 0.2) is 6.61 Å². The van der Waals surface area contributed by atoms with Gasteiger partial charge in [0, 0.05) is 11.5 Å². The quantitative estimate of drug-likeness (QED) is 0.648. The molecule has 3 rings (SSSR count). The lowest BCUT2D eigenvalue weighted by Gasteiger charge is -2.11. The highest BCUT2D eigenvalue weighted by Gasteiger charge is 2.18. The molecule has 0 atom stereocenters. The minimum atomic E-state index is -1.14. The lowest BCUT2D eigenvalue weighted by atomic mass is 10.2. The van der Waals surface area contributed by atoms with Gasteiger partial charge in [-0.1, -0.05) is 12.1 Å². The van der Waals surface area contributed by atoms with Crippen molar-refractivity contribution in [3.05, 3.63) is 53.6 Å². The molecule has 0 spiro atoms. The van der Waals surface area contributed by atoms with E-state index in [1.165, 1.54) is 23.8 Å². The molecule has 2 aromatic rings. The van der Waals surface area contributed by atoms with Gasteiger partial charge in [0.2, 0.25) is 0 Å². The Balaban J connectivity index is 1.55. The normalized spacial score (nSPS) is 14.2. The summed E-state index contributed by atoms with van der Waals surface area (Å²) < 4.78 is 5.91. The van der Waals surface area contributed by atoms with Crippen LogP contribution >= 0.6 is 23.5 Å². The molecular formula is C18H17NO5S2. The maximum absolute atomic E-state index is 12.0. The van der Waals surface area contributed by atoms with Gasteiger partial charge in [-0.3, -0.25) is 4.79 Å². The van der Waals surface area contributed by atoms with Gasteiger partial charge in [-0.2, -0.15) is 0 Å². The number of phenols is 1. The summed E-state index contributed by atoms with van der Waals surface area (Å²) in [5.74, 6) is 1.04. The zero-order valence-electron chi connectivity index (χ0n) is 13.7. The third-order valence-corrected chi connectivity index (χ3v) is 6.77. The first-order valence-electron chi connectivity index (χ1n) is 7.85. The summed E-state index contributed by atoms with van der Waals surface area (Å²) in [4.78, 5) is 23.0. The number of amides is 1. The Hall–Kier alpha value is -2.32. The third kappa shape index (κ3) is 4.64. The predicted molar refractivity (Wildman–Crippen MR) is 103 cm³/mol. The van der Waals surface area contributed by atoms with Gasteiger partial charge in [0.05, 0.1) is 15.8 Å². The first-order chi connectivity index (χ1) is 12.5. The lowest BCUT2D eigenvalue weighted by molar-refractivity contribution is -0.118. The summed E-state index contributed by atoms with van der Waals surface area (Å²) in [6.45, 7) is -0.247. The van der Waals surface area contributed by atoms with Gasteiger partial charge in [-0.25, -0.2) is 4.79 Å². The number of ether oxygens (including phenoxy) is 1. The van der Waals surface area contributed by atoms with Gasteiger partial charge >= 0.3 is 5.97 Å². The molecule has 1 fully saturated rings. The van der Waals surface area contributed by atoms with E-state index >= 15 is 0 Å². The van der Waals surface area contributed by atoms with Gasteiger partial charge < -0.3 is 20.3 Å². The van der Waals surface area contributed by atoms with E-state index in [0.29, 0.717) is 10.3 Å². The molecule has 1 saturated heterocycles. The number of thioether (sulfide) groups is 2. The van der Waals surface area contributed by atoms with Crippen molar-refractivity contribution in [3.63, 3.8) is 0 Å². The van der Waals surface area contributed by atoms with E-state index in [1.54, 1.807) is 0 Å². The number of carbonyl (C=O) groups excluding carboxylic acids is 1. The van der Waals surface area contributed by atoms with Gasteiger partial charge in [0.25, 0.3) is 5.91 Å². The SMILES string of the molecule is O=C(COc1ccc(C2SCCS2)cc1)Nc1cc(C(=O)O)ccc1O. The molecule has 0 unspecified atom stereocenters. The Labute approximate surface area is 158 Å². The van der Waals surface area contributed by atoms with Crippen molar-refractivity contribution in [2.75, 3.05) is 23.4 Å². The van der Waals surface area contributed by atoms with E-state index in [0.717, 1.165) is 11.5 Å². The van der Waals surface area contributed by atoms with Crippen LogP contribution < -0.4 is 10.1 Å². The van der Waals surface area contributed by atoms with Crippen molar-refractivity contribution in [1.82, 2.24) is 0 Å². The second-order valence-corrected chi connectivity index (χ2v) is 8.24. The van der Waals surface area contributed by atoms with Crippen LogP contribution in [0.2, 0.25) is 0 Å². The molecular weight excluding hydrogens is 374 g/mol. The summed E-state index contributed by atoms with van der Waals surface area (Å²) in [6.07, 6.45) is 0. The molecule has 1 heterocycles. The van der Waals surface area contributed by atoms with E-state index in [1.807, 2.05) is 47.8 Å². The number of carbonyl (C=O) groups is 2. The standard InChI is InChI=1S/C18H17NO5S2/c20-15-6-3-12(17(22)23)9-14(15)19-16(21)10-24-13-4-1-11(2-5-13)18-25-7-8-26-18/h1-6,9,18,20H,7-8,10H2,(H,19,21)(H,22,23). The van der Waals surface area contributed by atoms with Crippen LogP contribution in [0.1, 0.15) is 20.5 Å². The highest BCUT2D eigenvalue weighted by atomic mass is 32.2. The zero-order chi connectivity index (χ0) is 18.5. The molecule has 0 radical (unpaired) electrons. The highest BCUT2D eigenvalue weighted by Crippen LogP contribution is 2.45. The molecule has 1 aliphatic rings. The van der Waals surface area contributed by atoms with E-state index in [4.69, 9.17) is 9.84 Å². The third-order valence-electron chi connectivity index (χ3n) is 3.66. The number of hydrogen-bond acceptors (Lipinski definition) is 6. The van der Waals surface area contributed by atoms with Crippen molar-refractivity contribution in [2.24, 2.45) is 0 Å². The summed E-state index contributed by atoms with van der Waals surface area (Å²) in [5, 5.41) is 21.1. The fourth-order valence-corrected chi connectivity index (χ4v) is 5.24. The van der Waals surface area contributed by atoms with E-state index in [-0.39, 0.29) is 23.6 Å². The molecule has 136 valence electrons. The van der Waals surface area contributed by atoms with Crippen LogP contribution in [-0.2, 0) is 4.79 Å². The number of carboxylic acid groups (broad SMARTS) is 1. The van der Waals surface area contributed by atoms with Crippen LogP contribution in [0.5, 0.6) is 11.5 Å². The number of rotatable bonds is 6. The molecule has 3 N–H and O–H groups in total. The van der Waals surface area contributed by atoms with Crippen molar-refractivity contribution >= 4 is 41.1 Å². The van der Waals surface area contributed by atoms with Gasteiger partial charge in [0.1, 0.15) is 11.5 Å². The second-order valence-electron chi connectivity index (χ2n) is 5.52. The van der Waals surface area contributed by atoms with Crippen LogP contribution in [0.4, 0.5) is 5.69 Å². The minimum Gasteiger partial charge on any atom is -0.506 e. The Bertz CT molecular complexity index is 804.